The number of hydrogen-bond acceptors (Lipinski definition) is 3. The molecule has 2 aliphatic heterocycles. The van der Waals surface area contributed by atoms with Gasteiger partial charge in [0.25, 0.3) is 0 Å². The van der Waals surface area contributed by atoms with Crippen LogP contribution in [-0.2, 0) is 6.42 Å². The van der Waals surface area contributed by atoms with Crippen molar-refractivity contribution in [2.75, 3.05) is 9.71 Å². The van der Waals surface area contributed by atoms with E-state index in [1.54, 1.807) is 0 Å². The van der Waals surface area contributed by atoms with E-state index in [0.717, 1.165) is 28.4 Å². The van der Waals surface area contributed by atoms with Gasteiger partial charge in [-0.2, -0.15) is 0 Å². The number of para-hydroxylation sites is 3. The molecule has 238 valence electrons. The van der Waals surface area contributed by atoms with Crippen LogP contribution in [0, 0.1) is 0 Å². The summed E-state index contributed by atoms with van der Waals surface area (Å²) in [7, 11) is 0. The SMILES string of the molecule is CCCCc1ccc(N2c3cccc4c3B(c3ccc5oc6ccccc6c5c32)N(c2ccccc2)c2ccccc2-4)c(-c2ccccc2)c1. The Balaban J connectivity index is 1.35. The third-order valence-electron chi connectivity index (χ3n) is 10.6. The first kappa shape index (κ1) is 29.0. The van der Waals surface area contributed by atoms with Gasteiger partial charge < -0.3 is 14.1 Å². The zero-order chi connectivity index (χ0) is 33.2. The van der Waals surface area contributed by atoms with Gasteiger partial charge in [-0.15, -0.1) is 0 Å². The molecule has 3 heterocycles. The van der Waals surface area contributed by atoms with Gasteiger partial charge in [0.15, 0.2) is 0 Å². The highest BCUT2D eigenvalue weighted by atomic mass is 16.3. The second-order valence-electron chi connectivity index (χ2n) is 13.5. The number of anilines is 5. The van der Waals surface area contributed by atoms with E-state index < -0.39 is 0 Å². The molecule has 0 aliphatic carbocycles. The summed E-state index contributed by atoms with van der Waals surface area (Å²) in [4.78, 5) is 5.11. The standard InChI is InChI=1S/C46H35BN2O/c1-2-3-15-31-26-28-39(37(30-31)32-16-6-4-7-17-32)48-41-24-14-22-35-34-20-10-12-23-40(34)49(33-18-8-5-9-19-33)47(45(35)41)38-27-29-43-44(46(38)48)36-21-11-13-25-42(36)50-43/h4-14,16-30H,2-3,15H2,1H3. The van der Waals surface area contributed by atoms with Crippen molar-refractivity contribution < 1.29 is 4.42 Å². The van der Waals surface area contributed by atoms with Crippen molar-refractivity contribution in [1.82, 2.24) is 0 Å². The summed E-state index contributed by atoms with van der Waals surface area (Å²) in [6.07, 6.45) is 3.41. The maximum atomic E-state index is 6.60. The molecule has 50 heavy (non-hydrogen) atoms. The minimum absolute atomic E-state index is 0.0492. The maximum Gasteiger partial charge on any atom is 0.333 e. The molecule has 4 heteroatoms. The van der Waals surface area contributed by atoms with E-state index in [1.807, 2.05) is 0 Å². The fourth-order valence-corrected chi connectivity index (χ4v) is 8.43. The Morgan fingerprint density at radius 1 is 0.580 bits per heavy atom. The number of benzene rings is 7. The largest absolute Gasteiger partial charge is 0.456 e. The molecule has 3 nitrogen and oxygen atoms in total. The number of nitrogens with zero attached hydrogens (tertiary/aromatic N) is 2. The van der Waals surface area contributed by atoms with Crippen molar-refractivity contribution in [3.8, 4) is 22.3 Å². The van der Waals surface area contributed by atoms with Gasteiger partial charge in [-0.3, -0.25) is 0 Å². The third kappa shape index (κ3) is 4.31. The van der Waals surface area contributed by atoms with E-state index in [-0.39, 0.29) is 6.85 Å². The molecule has 0 amide bonds. The molecule has 0 saturated carbocycles. The Labute approximate surface area is 293 Å². The summed E-state index contributed by atoms with van der Waals surface area (Å²) in [5.74, 6) is 0. The molecule has 0 fully saturated rings. The van der Waals surface area contributed by atoms with E-state index in [4.69, 9.17) is 4.42 Å². The van der Waals surface area contributed by atoms with Gasteiger partial charge >= 0.3 is 6.85 Å². The number of unbranched alkanes of at least 4 members (excludes halogenated alkanes) is 1. The Morgan fingerprint density at radius 2 is 1.32 bits per heavy atom. The van der Waals surface area contributed by atoms with E-state index >= 15 is 0 Å². The van der Waals surface area contributed by atoms with Crippen LogP contribution in [0.2, 0.25) is 0 Å². The van der Waals surface area contributed by atoms with E-state index in [9.17, 15) is 0 Å². The Kier molecular flexibility index (Phi) is 6.70. The first-order chi connectivity index (χ1) is 24.8. The Morgan fingerprint density at radius 3 is 2.18 bits per heavy atom. The van der Waals surface area contributed by atoms with Crippen molar-refractivity contribution in [3.63, 3.8) is 0 Å². The van der Waals surface area contributed by atoms with Crippen LogP contribution in [0.25, 0.3) is 44.2 Å². The number of furan rings is 1. The first-order valence-corrected chi connectivity index (χ1v) is 17.8. The zero-order valence-electron chi connectivity index (χ0n) is 28.0. The van der Waals surface area contributed by atoms with E-state index in [1.165, 1.54) is 80.0 Å². The Bertz CT molecular complexity index is 2560. The number of hydrogen-bond donors (Lipinski definition) is 0. The third-order valence-corrected chi connectivity index (χ3v) is 10.6. The number of fused-ring (bicyclic) bond motifs is 8. The lowest BCUT2D eigenvalue weighted by atomic mass is 9.43. The van der Waals surface area contributed by atoms with E-state index in [0.29, 0.717) is 0 Å². The molecule has 7 aromatic carbocycles. The highest BCUT2D eigenvalue weighted by molar-refractivity contribution is 6.94. The highest BCUT2D eigenvalue weighted by Gasteiger charge is 2.46. The van der Waals surface area contributed by atoms with Gasteiger partial charge in [0.2, 0.25) is 0 Å². The second kappa shape index (κ2) is 11.6. The quantitative estimate of drug-likeness (QED) is 0.168. The molecule has 0 unspecified atom stereocenters. The average Bonchev–Trinajstić information content (AvgIpc) is 3.57. The van der Waals surface area contributed by atoms with Crippen LogP contribution in [0.1, 0.15) is 25.3 Å². The van der Waals surface area contributed by atoms with Gasteiger partial charge in [0.1, 0.15) is 11.2 Å². The summed E-state index contributed by atoms with van der Waals surface area (Å²) in [5, 5.41) is 2.28. The summed E-state index contributed by atoms with van der Waals surface area (Å²) >= 11 is 0. The fourth-order valence-electron chi connectivity index (χ4n) is 8.43. The van der Waals surface area contributed by atoms with Gasteiger partial charge in [0.05, 0.1) is 16.8 Å². The molecule has 0 N–H and O–H groups in total. The van der Waals surface area contributed by atoms with Gasteiger partial charge in [0, 0.05) is 33.6 Å². The molecule has 1 aromatic heterocycles. The normalized spacial score (nSPS) is 13.0. The van der Waals surface area contributed by atoms with Crippen LogP contribution in [0.5, 0.6) is 0 Å². The lowest BCUT2D eigenvalue weighted by Gasteiger charge is -2.46. The minimum atomic E-state index is -0.0492. The predicted molar refractivity (Wildman–Crippen MR) is 211 cm³/mol. The summed E-state index contributed by atoms with van der Waals surface area (Å²) in [6.45, 7) is 2.22. The molecule has 10 rings (SSSR count). The Hall–Kier alpha value is -6.00. The van der Waals surface area contributed by atoms with Gasteiger partial charge in [-0.05, 0) is 89.0 Å². The molecule has 0 spiro atoms. The van der Waals surface area contributed by atoms with E-state index in [2.05, 4.69) is 174 Å². The molecule has 0 bridgehead atoms. The molecule has 0 atom stereocenters. The number of rotatable bonds is 6. The lowest BCUT2D eigenvalue weighted by Crippen LogP contribution is -2.61. The lowest BCUT2D eigenvalue weighted by molar-refractivity contribution is 0.669. The first-order valence-electron chi connectivity index (χ1n) is 17.8. The fraction of sp³-hybridized carbons (Fsp3) is 0.0870. The topological polar surface area (TPSA) is 19.6 Å². The summed E-state index contributed by atoms with van der Waals surface area (Å²) < 4.78 is 6.60. The average molecular weight is 643 g/mol. The maximum absolute atomic E-state index is 6.60. The van der Waals surface area contributed by atoms with Crippen molar-refractivity contribution in [1.29, 1.82) is 0 Å². The van der Waals surface area contributed by atoms with Crippen LogP contribution in [0.15, 0.2) is 162 Å². The molecular weight excluding hydrogens is 607 g/mol. The van der Waals surface area contributed by atoms with Gasteiger partial charge in [-0.1, -0.05) is 123 Å². The minimum Gasteiger partial charge on any atom is -0.456 e. The van der Waals surface area contributed by atoms with Crippen LogP contribution in [-0.4, -0.2) is 6.85 Å². The van der Waals surface area contributed by atoms with Gasteiger partial charge in [-0.25, -0.2) is 0 Å². The second-order valence-corrected chi connectivity index (χ2v) is 13.5. The summed E-state index contributed by atoms with van der Waals surface area (Å²) in [6, 6.07) is 57.7. The van der Waals surface area contributed by atoms with Crippen LogP contribution < -0.4 is 20.6 Å². The molecular formula is C46H35BN2O. The molecule has 2 aliphatic rings. The molecule has 0 radical (unpaired) electrons. The monoisotopic (exact) mass is 642 g/mol. The van der Waals surface area contributed by atoms with Crippen molar-refractivity contribution in [3.05, 3.63) is 163 Å². The summed E-state index contributed by atoms with van der Waals surface area (Å²) in [5.41, 5.74) is 16.7. The van der Waals surface area contributed by atoms with Crippen LogP contribution >= 0.6 is 0 Å². The van der Waals surface area contributed by atoms with Crippen molar-refractivity contribution in [2.45, 2.75) is 26.2 Å². The van der Waals surface area contributed by atoms with Crippen molar-refractivity contribution in [2.24, 2.45) is 0 Å². The zero-order valence-corrected chi connectivity index (χ0v) is 28.0. The predicted octanol–water partition coefficient (Wildman–Crippen LogP) is 11.3. The van der Waals surface area contributed by atoms with Crippen molar-refractivity contribution >= 4 is 68.1 Å². The smallest absolute Gasteiger partial charge is 0.333 e. The van der Waals surface area contributed by atoms with Crippen LogP contribution in [0.4, 0.5) is 28.4 Å². The molecule has 8 aromatic rings. The molecule has 0 saturated heterocycles. The van der Waals surface area contributed by atoms with Crippen LogP contribution in [0.3, 0.4) is 0 Å². The number of aryl methyl sites for hydroxylation is 1. The highest BCUT2D eigenvalue weighted by Crippen LogP contribution is 2.50.